The lowest BCUT2D eigenvalue weighted by Gasteiger charge is -2.32. The van der Waals surface area contributed by atoms with E-state index in [2.05, 4.69) is 10.1 Å². The van der Waals surface area contributed by atoms with Gasteiger partial charge in [0.15, 0.2) is 0 Å². The maximum atomic E-state index is 12.8. The molecule has 0 aromatic carbocycles. The minimum atomic E-state index is -3.19. The van der Waals surface area contributed by atoms with Gasteiger partial charge in [-0.25, -0.2) is 12.7 Å². The monoisotopic (exact) mass is 398 g/mol. The maximum Gasteiger partial charge on any atom is 0.246 e. The largest absolute Gasteiger partial charge is 0.337 e. The second-order valence-electron chi connectivity index (χ2n) is 6.28. The molecule has 2 aromatic heterocycles. The summed E-state index contributed by atoms with van der Waals surface area (Å²) in [6.45, 7) is 3.47. The molecule has 1 amide bonds. The third-order valence-electron chi connectivity index (χ3n) is 4.50. The first kappa shape index (κ1) is 19.0. The molecule has 1 aliphatic heterocycles. The number of hydrogen-bond acceptors (Lipinski definition) is 7. The zero-order valence-corrected chi connectivity index (χ0v) is 16.4. The van der Waals surface area contributed by atoms with Crippen LogP contribution in [-0.2, 0) is 21.4 Å². The molecule has 0 aliphatic carbocycles. The second-order valence-corrected chi connectivity index (χ2v) is 9.21. The lowest BCUT2D eigenvalue weighted by molar-refractivity contribution is -0.137. The van der Waals surface area contributed by atoms with E-state index >= 15 is 0 Å². The van der Waals surface area contributed by atoms with E-state index in [1.54, 1.807) is 4.90 Å². The summed E-state index contributed by atoms with van der Waals surface area (Å²) in [7, 11) is -3.19. The Bertz CT molecular complexity index is 839. The van der Waals surface area contributed by atoms with E-state index < -0.39 is 10.0 Å². The number of sulfonamides is 1. The Labute approximate surface area is 156 Å². The van der Waals surface area contributed by atoms with E-state index in [0.29, 0.717) is 44.2 Å². The van der Waals surface area contributed by atoms with Crippen molar-refractivity contribution in [3.63, 3.8) is 0 Å². The van der Waals surface area contributed by atoms with Crippen LogP contribution in [0.3, 0.4) is 0 Å². The van der Waals surface area contributed by atoms with Gasteiger partial charge in [-0.2, -0.15) is 4.98 Å². The minimum Gasteiger partial charge on any atom is -0.337 e. The predicted octanol–water partition coefficient (Wildman–Crippen LogP) is 1.82. The second kappa shape index (κ2) is 7.85. The molecule has 142 valence electrons. The summed E-state index contributed by atoms with van der Waals surface area (Å²) < 4.78 is 29.9. The van der Waals surface area contributed by atoms with Crippen molar-refractivity contribution in [2.45, 2.75) is 26.3 Å². The molecule has 0 atom stereocenters. The number of amides is 1. The van der Waals surface area contributed by atoms with E-state index in [0.717, 1.165) is 4.88 Å². The molecular formula is C16H22N4O4S2. The molecule has 2 aromatic rings. The number of piperidine rings is 1. The lowest BCUT2D eigenvalue weighted by atomic mass is 9.96. The van der Waals surface area contributed by atoms with Crippen molar-refractivity contribution in [3.05, 3.63) is 23.4 Å². The molecule has 0 saturated carbocycles. The summed E-state index contributed by atoms with van der Waals surface area (Å²) >= 11 is 1.53. The lowest BCUT2D eigenvalue weighted by Crippen LogP contribution is -2.43. The number of rotatable bonds is 6. The van der Waals surface area contributed by atoms with Crippen molar-refractivity contribution in [2.75, 3.05) is 25.9 Å². The van der Waals surface area contributed by atoms with Crippen LogP contribution in [0.2, 0.25) is 0 Å². The van der Waals surface area contributed by atoms with Crippen LogP contribution in [-0.4, -0.2) is 59.6 Å². The Hall–Kier alpha value is -1.78. The van der Waals surface area contributed by atoms with Crippen molar-refractivity contribution < 1.29 is 17.7 Å². The Morgan fingerprint density at radius 3 is 2.73 bits per heavy atom. The fraction of sp³-hybridized carbons (Fsp3) is 0.562. The molecule has 0 radical (unpaired) electrons. The fourth-order valence-corrected chi connectivity index (χ4v) is 4.55. The molecule has 8 nitrogen and oxygen atoms in total. The Balaban J connectivity index is 1.61. The molecule has 1 fully saturated rings. The molecule has 3 heterocycles. The SMILES string of the molecule is CCN(Cc1nc(-c2cccs2)no1)C(=O)C1CCN(S(C)(=O)=O)CC1. The molecule has 0 bridgehead atoms. The number of hydrogen-bond donors (Lipinski definition) is 0. The van der Waals surface area contributed by atoms with Gasteiger partial charge >= 0.3 is 0 Å². The predicted molar refractivity (Wildman–Crippen MR) is 97.8 cm³/mol. The summed E-state index contributed by atoms with van der Waals surface area (Å²) in [5.74, 6) is 0.765. The normalized spacial score (nSPS) is 16.7. The van der Waals surface area contributed by atoms with Gasteiger partial charge in [0.1, 0.15) is 0 Å². The van der Waals surface area contributed by atoms with Gasteiger partial charge in [0.25, 0.3) is 0 Å². The van der Waals surface area contributed by atoms with Gasteiger partial charge in [-0.15, -0.1) is 11.3 Å². The third-order valence-corrected chi connectivity index (χ3v) is 6.67. The van der Waals surface area contributed by atoms with Gasteiger partial charge in [-0.3, -0.25) is 4.79 Å². The molecular weight excluding hydrogens is 376 g/mol. The number of thiophene rings is 1. The van der Waals surface area contributed by atoms with Gasteiger partial charge in [0, 0.05) is 25.6 Å². The number of nitrogens with zero attached hydrogens (tertiary/aromatic N) is 4. The van der Waals surface area contributed by atoms with Crippen molar-refractivity contribution in [2.24, 2.45) is 5.92 Å². The summed E-state index contributed by atoms with van der Waals surface area (Å²) in [4.78, 5) is 19.8. The van der Waals surface area contributed by atoms with Gasteiger partial charge < -0.3 is 9.42 Å². The highest BCUT2D eigenvalue weighted by molar-refractivity contribution is 7.88. The first-order valence-electron chi connectivity index (χ1n) is 8.49. The van der Waals surface area contributed by atoms with Crippen LogP contribution >= 0.6 is 11.3 Å². The molecule has 3 rings (SSSR count). The van der Waals surface area contributed by atoms with E-state index in [1.807, 2.05) is 24.4 Å². The van der Waals surface area contributed by atoms with E-state index in [-0.39, 0.29) is 18.4 Å². The van der Waals surface area contributed by atoms with E-state index in [1.165, 1.54) is 21.9 Å². The molecule has 26 heavy (non-hydrogen) atoms. The highest BCUT2D eigenvalue weighted by Crippen LogP contribution is 2.24. The average molecular weight is 399 g/mol. The summed E-state index contributed by atoms with van der Waals surface area (Å²) in [5, 5.41) is 5.91. The van der Waals surface area contributed by atoms with Crippen molar-refractivity contribution in [3.8, 4) is 10.7 Å². The van der Waals surface area contributed by atoms with Crippen LogP contribution in [0.1, 0.15) is 25.7 Å². The van der Waals surface area contributed by atoms with Gasteiger partial charge in [-0.1, -0.05) is 11.2 Å². The van der Waals surface area contributed by atoms with Crippen molar-refractivity contribution in [1.82, 2.24) is 19.3 Å². The molecule has 0 spiro atoms. The van der Waals surface area contributed by atoms with Crippen LogP contribution in [0.4, 0.5) is 0 Å². The summed E-state index contributed by atoms with van der Waals surface area (Å²) in [6.07, 6.45) is 2.27. The standard InChI is InChI=1S/C16H22N4O4S2/c1-3-19(11-14-17-15(18-24-14)13-5-4-10-25-13)16(21)12-6-8-20(9-7-12)26(2,22)23/h4-5,10,12H,3,6-9,11H2,1-2H3. The topological polar surface area (TPSA) is 96.6 Å². The van der Waals surface area contributed by atoms with Gasteiger partial charge in [0.05, 0.1) is 17.7 Å². The Morgan fingerprint density at radius 1 is 1.42 bits per heavy atom. The van der Waals surface area contributed by atoms with Crippen LogP contribution in [0.5, 0.6) is 0 Å². The molecule has 0 unspecified atom stereocenters. The molecule has 1 saturated heterocycles. The number of aromatic nitrogens is 2. The van der Waals surface area contributed by atoms with Crippen LogP contribution < -0.4 is 0 Å². The molecule has 0 N–H and O–H groups in total. The first-order chi connectivity index (χ1) is 12.4. The average Bonchev–Trinajstić information content (AvgIpc) is 3.30. The van der Waals surface area contributed by atoms with Gasteiger partial charge in [-0.05, 0) is 31.2 Å². The van der Waals surface area contributed by atoms with Crippen molar-refractivity contribution in [1.29, 1.82) is 0 Å². The van der Waals surface area contributed by atoms with Crippen LogP contribution in [0, 0.1) is 5.92 Å². The van der Waals surface area contributed by atoms with Crippen LogP contribution in [0.25, 0.3) is 10.7 Å². The summed E-state index contributed by atoms with van der Waals surface area (Å²) in [5.41, 5.74) is 0. The fourth-order valence-electron chi connectivity index (χ4n) is 3.03. The van der Waals surface area contributed by atoms with Crippen molar-refractivity contribution >= 4 is 27.3 Å². The number of carbonyl (C=O) groups is 1. The highest BCUT2D eigenvalue weighted by Gasteiger charge is 2.31. The maximum absolute atomic E-state index is 12.8. The number of carbonyl (C=O) groups excluding carboxylic acids is 1. The molecule has 1 aliphatic rings. The molecule has 10 heteroatoms. The Kier molecular flexibility index (Phi) is 5.73. The third kappa shape index (κ3) is 4.30. The van der Waals surface area contributed by atoms with Crippen LogP contribution in [0.15, 0.2) is 22.0 Å². The van der Waals surface area contributed by atoms with E-state index in [9.17, 15) is 13.2 Å². The Morgan fingerprint density at radius 2 is 2.15 bits per heavy atom. The smallest absolute Gasteiger partial charge is 0.246 e. The minimum absolute atomic E-state index is 0.0107. The first-order valence-corrected chi connectivity index (χ1v) is 11.2. The zero-order valence-electron chi connectivity index (χ0n) is 14.8. The van der Waals surface area contributed by atoms with Gasteiger partial charge in [0.2, 0.25) is 27.6 Å². The van der Waals surface area contributed by atoms with E-state index in [4.69, 9.17) is 4.52 Å². The highest BCUT2D eigenvalue weighted by atomic mass is 32.2. The zero-order chi connectivity index (χ0) is 18.7. The quantitative estimate of drug-likeness (QED) is 0.736. The summed E-state index contributed by atoms with van der Waals surface area (Å²) in [6, 6.07) is 3.83.